The number of carbonyl (C=O) groups is 1. The van der Waals surface area contributed by atoms with Crippen LogP contribution in [0.25, 0.3) is 0 Å². The van der Waals surface area contributed by atoms with Crippen LogP contribution in [0.4, 0.5) is 0 Å². The van der Waals surface area contributed by atoms with Gasteiger partial charge in [-0.25, -0.2) is 0 Å². The molecule has 0 aromatic heterocycles. The summed E-state index contributed by atoms with van der Waals surface area (Å²) < 4.78 is 0. The van der Waals surface area contributed by atoms with E-state index < -0.39 is 0 Å². The number of rotatable bonds is 4. The second-order valence-electron chi connectivity index (χ2n) is 7.22. The van der Waals surface area contributed by atoms with E-state index >= 15 is 0 Å². The highest BCUT2D eigenvalue weighted by Gasteiger charge is 2.19. The monoisotopic (exact) mass is 288 g/mol. The molecule has 1 aliphatic rings. The zero-order valence-electron chi connectivity index (χ0n) is 13.7. The number of hydrogen-bond acceptors (Lipinski definition) is 2. The summed E-state index contributed by atoms with van der Waals surface area (Å²) >= 11 is 0. The fourth-order valence-electron chi connectivity index (χ4n) is 2.81. The Kier molecular flexibility index (Phi) is 5.04. The number of carbonyl (C=O) groups excluding carboxylic acids is 1. The summed E-state index contributed by atoms with van der Waals surface area (Å²) in [6.45, 7) is 10.7. The van der Waals surface area contributed by atoms with Crippen LogP contribution in [0.15, 0.2) is 24.3 Å². The first kappa shape index (κ1) is 16.0. The number of nitrogens with one attached hydrogen (secondary N) is 2. The minimum Gasteiger partial charge on any atom is -0.350 e. The topological polar surface area (TPSA) is 41.1 Å². The molecule has 1 aliphatic heterocycles. The van der Waals surface area contributed by atoms with Crippen LogP contribution >= 0.6 is 0 Å². The highest BCUT2D eigenvalue weighted by molar-refractivity contribution is 5.76. The van der Waals surface area contributed by atoms with E-state index in [1.807, 2.05) is 0 Å². The minimum atomic E-state index is 0.0703. The number of amides is 1. The van der Waals surface area contributed by atoms with E-state index in [2.05, 4.69) is 62.6 Å². The second kappa shape index (κ2) is 6.61. The molecule has 1 aromatic rings. The van der Waals surface area contributed by atoms with Crippen molar-refractivity contribution < 1.29 is 4.79 Å². The fourth-order valence-corrected chi connectivity index (χ4v) is 2.81. The lowest BCUT2D eigenvalue weighted by atomic mass is 9.86. The van der Waals surface area contributed by atoms with Gasteiger partial charge >= 0.3 is 0 Å². The van der Waals surface area contributed by atoms with E-state index in [9.17, 15) is 4.79 Å². The summed E-state index contributed by atoms with van der Waals surface area (Å²) in [4.78, 5) is 12.1. The average Bonchev–Trinajstić information content (AvgIpc) is 2.90. The summed E-state index contributed by atoms with van der Waals surface area (Å²) in [5.41, 5.74) is 2.66. The maximum Gasteiger partial charge on any atom is 0.220 e. The summed E-state index contributed by atoms with van der Waals surface area (Å²) in [5.74, 6) is 0.663. The summed E-state index contributed by atoms with van der Waals surface area (Å²) in [5, 5.41) is 6.42. The van der Waals surface area contributed by atoms with Crippen LogP contribution in [0.5, 0.6) is 0 Å². The largest absolute Gasteiger partial charge is 0.350 e. The molecular weight excluding hydrogens is 260 g/mol. The lowest BCUT2D eigenvalue weighted by Gasteiger charge is -2.21. The van der Waals surface area contributed by atoms with Crippen LogP contribution < -0.4 is 10.6 Å². The second-order valence-corrected chi connectivity index (χ2v) is 7.22. The van der Waals surface area contributed by atoms with Crippen molar-refractivity contribution in [1.82, 2.24) is 10.6 Å². The maximum atomic E-state index is 12.1. The van der Waals surface area contributed by atoms with Crippen LogP contribution in [0.3, 0.4) is 0 Å². The van der Waals surface area contributed by atoms with Gasteiger partial charge in [-0.05, 0) is 48.9 Å². The summed E-state index contributed by atoms with van der Waals surface area (Å²) in [6.07, 6.45) is 1.75. The van der Waals surface area contributed by atoms with Crippen molar-refractivity contribution in [1.29, 1.82) is 0 Å². The lowest BCUT2D eigenvalue weighted by Crippen LogP contribution is -2.29. The molecule has 21 heavy (non-hydrogen) atoms. The van der Waals surface area contributed by atoms with Gasteiger partial charge in [0.1, 0.15) is 0 Å². The average molecular weight is 288 g/mol. The van der Waals surface area contributed by atoms with Crippen LogP contribution in [0, 0.1) is 5.92 Å². The fraction of sp³-hybridized carbons (Fsp3) is 0.611. The first-order valence-corrected chi connectivity index (χ1v) is 7.97. The van der Waals surface area contributed by atoms with Crippen molar-refractivity contribution >= 4 is 5.91 Å². The SMILES string of the molecule is CC(NC(=O)CC1CCNC1)c1ccc(C(C)(C)C)cc1. The molecule has 2 rings (SSSR count). The molecular formula is C18H28N2O. The van der Waals surface area contributed by atoms with Crippen LogP contribution in [-0.4, -0.2) is 19.0 Å². The molecule has 116 valence electrons. The Morgan fingerprint density at radius 2 is 2.00 bits per heavy atom. The summed E-state index contributed by atoms with van der Waals surface area (Å²) in [7, 11) is 0. The van der Waals surface area contributed by atoms with Gasteiger partial charge in [0.25, 0.3) is 0 Å². The van der Waals surface area contributed by atoms with E-state index in [0.29, 0.717) is 12.3 Å². The van der Waals surface area contributed by atoms with E-state index in [4.69, 9.17) is 0 Å². The normalized spacial score (nSPS) is 20.3. The Balaban J connectivity index is 1.90. The highest BCUT2D eigenvalue weighted by atomic mass is 16.1. The maximum absolute atomic E-state index is 12.1. The molecule has 2 unspecified atom stereocenters. The van der Waals surface area contributed by atoms with Crippen molar-refractivity contribution in [2.24, 2.45) is 5.92 Å². The van der Waals surface area contributed by atoms with Crippen molar-refractivity contribution in [2.75, 3.05) is 13.1 Å². The molecule has 3 nitrogen and oxygen atoms in total. The van der Waals surface area contributed by atoms with Crippen molar-refractivity contribution in [3.8, 4) is 0 Å². The van der Waals surface area contributed by atoms with Crippen molar-refractivity contribution in [3.63, 3.8) is 0 Å². The van der Waals surface area contributed by atoms with Gasteiger partial charge in [0.05, 0.1) is 6.04 Å². The molecule has 0 spiro atoms. The molecule has 2 N–H and O–H groups in total. The molecule has 0 saturated carbocycles. The molecule has 0 radical (unpaired) electrons. The van der Waals surface area contributed by atoms with Crippen LogP contribution in [-0.2, 0) is 10.2 Å². The molecule has 0 bridgehead atoms. The van der Waals surface area contributed by atoms with E-state index in [1.54, 1.807) is 0 Å². The Labute approximate surface area is 128 Å². The molecule has 1 aromatic carbocycles. The third-order valence-corrected chi connectivity index (χ3v) is 4.29. The first-order valence-electron chi connectivity index (χ1n) is 7.97. The molecule has 1 saturated heterocycles. The van der Waals surface area contributed by atoms with Gasteiger partial charge < -0.3 is 10.6 Å². The van der Waals surface area contributed by atoms with Crippen LogP contribution in [0.2, 0.25) is 0 Å². The van der Waals surface area contributed by atoms with Crippen LogP contribution in [0.1, 0.15) is 57.7 Å². The summed E-state index contributed by atoms with van der Waals surface area (Å²) in [6, 6.07) is 8.66. The number of hydrogen-bond donors (Lipinski definition) is 2. The van der Waals surface area contributed by atoms with Gasteiger partial charge in [-0.3, -0.25) is 4.79 Å². The van der Waals surface area contributed by atoms with Gasteiger partial charge in [0.2, 0.25) is 5.91 Å². The third kappa shape index (κ3) is 4.57. The Morgan fingerprint density at radius 1 is 1.33 bits per heavy atom. The number of benzene rings is 1. The van der Waals surface area contributed by atoms with Crippen molar-refractivity contribution in [2.45, 2.75) is 52.0 Å². The molecule has 1 amide bonds. The van der Waals surface area contributed by atoms with Gasteiger partial charge in [-0.1, -0.05) is 45.0 Å². The standard InChI is InChI=1S/C18H28N2O/c1-13(20-17(21)11-14-9-10-19-12-14)15-5-7-16(8-6-15)18(2,3)4/h5-8,13-14,19H,9-12H2,1-4H3,(H,20,21). The predicted octanol–water partition coefficient (Wildman–Crippen LogP) is 3.16. The third-order valence-electron chi connectivity index (χ3n) is 4.29. The zero-order chi connectivity index (χ0) is 15.5. The highest BCUT2D eigenvalue weighted by Crippen LogP contribution is 2.24. The molecule has 0 aliphatic carbocycles. The van der Waals surface area contributed by atoms with Gasteiger partial charge in [-0.15, -0.1) is 0 Å². The Morgan fingerprint density at radius 3 is 2.52 bits per heavy atom. The Hall–Kier alpha value is -1.35. The molecule has 2 atom stereocenters. The quantitative estimate of drug-likeness (QED) is 0.893. The lowest BCUT2D eigenvalue weighted by molar-refractivity contribution is -0.122. The van der Waals surface area contributed by atoms with E-state index in [1.165, 1.54) is 11.1 Å². The van der Waals surface area contributed by atoms with E-state index in [0.717, 1.165) is 19.5 Å². The van der Waals surface area contributed by atoms with Crippen molar-refractivity contribution in [3.05, 3.63) is 35.4 Å². The first-order chi connectivity index (χ1) is 9.86. The predicted molar refractivity (Wildman–Crippen MR) is 87.3 cm³/mol. The molecule has 3 heteroatoms. The van der Waals surface area contributed by atoms with E-state index in [-0.39, 0.29) is 17.4 Å². The van der Waals surface area contributed by atoms with Gasteiger partial charge in [0, 0.05) is 6.42 Å². The van der Waals surface area contributed by atoms with Gasteiger partial charge in [-0.2, -0.15) is 0 Å². The molecule has 1 fully saturated rings. The smallest absolute Gasteiger partial charge is 0.220 e. The molecule has 1 heterocycles. The minimum absolute atomic E-state index is 0.0703. The van der Waals surface area contributed by atoms with Gasteiger partial charge in [0.15, 0.2) is 0 Å². The Bertz CT molecular complexity index is 467. The zero-order valence-corrected chi connectivity index (χ0v) is 13.7.